The quantitative estimate of drug-likeness (QED) is 0.435. The van der Waals surface area contributed by atoms with E-state index in [1.807, 2.05) is 10.6 Å². The standard InChI is InChI=1S/C14H20BIN3P/c1-13(2)8-15(9-14(13,3)4)11-5-10-6-18-19(20-16)12(10)17-7-11/h5-7,20H,8-9H2,1-4H3. The zero-order chi connectivity index (χ0) is 14.5. The molecule has 0 aliphatic carbocycles. The number of aromatic nitrogens is 3. The first-order valence-electron chi connectivity index (χ1n) is 7.04. The van der Waals surface area contributed by atoms with Crippen LogP contribution >= 0.6 is 28.4 Å². The fraction of sp³-hybridized carbons (Fsp3) is 0.571. The average Bonchev–Trinajstić information content (AvgIpc) is 2.87. The zero-order valence-electron chi connectivity index (χ0n) is 12.4. The van der Waals surface area contributed by atoms with Gasteiger partial charge >= 0.3 is 0 Å². The lowest BCUT2D eigenvalue weighted by atomic mass is 9.42. The van der Waals surface area contributed by atoms with Gasteiger partial charge in [-0.25, -0.2) is 9.44 Å². The summed E-state index contributed by atoms with van der Waals surface area (Å²) in [5.74, 6) is 0. The summed E-state index contributed by atoms with van der Waals surface area (Å²) in [5, 5.41) is 5.57. The molecule has 0 N–H and O–H groups in total. The van der Waals surface area contributed by atoms with E-state index in [1.165, 1.54) is 23.5 Å². The van der Waals surface area contributed by atoms with E-state index >= 15 is 0 Å². The summed E-state index contributed by atoms with van der Waals surface area (Å²) in [6, 6.07) is 2.30. The largest absolute Gasteiger partial charge is 0.237 e. The molecule has 1 fully saturated rings. The van der Waals surface area contributed by atoms with Crippen LogP contribution in [0.1, 0.15) is 27.7 Å². The summed E-state index contributed by atoms with van der Waals surface area (Å²) in [6.07, 6.45) is 7.11. The Bertz CT molecular complexity index is 637. The van der Waals surface area contributed by atoms with Crippen molar-refractivity contribution in [3.05, 3.63) is 18.5 Å². The summed E-state index contributed by atoms with van der Waals surface area (Å²) < 4.78 is 1.97. The first-order chi connectivity index (χ1) is 9.34. The third kappa shape index (κ3) is 2.31. The van der Waals surface area contributed by atoms with Gasteiger partial charge in [0, 0.05) is 11.6 Å². The maximum atomic E-state index is 4.65. The number of fused-ring (bicyclic) bond motifs is 1. The van der Waals surface area contributed by atoms with Crippen LogP contribution < -0.4 is 5.46 Å². The molecule has 2 aromatic heterocycles. The molecular weight excluding hydrogens is 379 g/mol. The lowest BCUT2D eigenvalue weighted by Gasteiger charge is -2.35. The Kier molecular flexibility index (Phi) is 3.65. The predicted octanol–water partition coefficient (Wildman–Crippen LogP) is 3.99. The van der Waals surface area contributed by atoms with Crippen LogP contribution in [-0.2, 0) is 0 Å². The summed E-state index contributed by atoms with van der Waals surface area (Å²) in [7, 11) is 0. The number of pyridine rings is 1. The zero-order valence-corrected chi connectivity index (χ0v) is 15.6. The topological polar surface area (TPSA) is 30.7 Å². The molecule has 106 valence electrons. The minimum absolute atomic E-state index is 0.389. The van der Waals surface area contributed by atoms with Crippen molar-refractivity contribution in [1.29, 1.82) is 0 Å². The van der Waals surface area contributed by atoms with Gasteiger partial charge in [-0.15, -0.1) is 0 Å². The lowest BCUT2D eigenvalue weighted by Crippen LogP contribution is -2.28. The second kappa shape index (κ2) is 4.94. The van der Waals surface area contributed by atoms with E-state index in [9.17, 15) is 0 Å². The molecule has 1 aliphatic heterocycles. The molecule has 1 aliphatic rings. The molecule has 2 aromatic rings. The molecule has 6 heteroatoms. The highest BCUT2D eigenvalue weighted by Crippen LogP contribution is 2.52. The van der Waals surface area contributed by atoms with Crippen LogP contribution in [0.4, 0.5) is 0 Å². The Hall–Kier alpha value is -0.155. The number of halogens is 1. The van der Waals surface area contributed by atoms with Crippen LogP contribution in [0.25, 0.3) is 11.0 Å². The summed E-state index contributed by atoms with van der Waals surface area (Å²) in [5.41, 5.74) is 3.17. The highest BCUT2D eigenvalue weighted by molar-refractivity contribution is 14.2. The Morgan fingerprint density at radius 3 is 2.45 bits per heavy atom. The number of hydrogen-bond donors (Lipinski definition) is 0. The number of nitrogens with zero attached hydrogens (tertiary/aromatic N) is 3. The smallest absolute Gasteiger partial charge is 0.179 e. The lowest BCUT2D eigenvalue weighted by molar-refractivity contribution is 0.177. The summed E-state index contributed by atoms with van der Waals surface area (Å²) >= 11 is 2.34. The second-order valence-electron chi connectivity index (χ2n) is 7.20. The molecule has 3 rings (SSSR count). The highest BCUT2D eigenvalue weighted by atomic mass is 127. The van der Waals surface area contributed by atoms with E-state index in [2.05, 4.69) is 72.1 Å². The maximum Gasteiger partial charge on any atom is 0.179 e. The van der Waals surface area contributed by atoms with Crippen LogP contribution in [0.2, 0.25) is 12.6 Å². The van der Waals surface area contributed by atoms with Crippen molar-refractivity contribution in [1.82, 2.24) is 14.5 Å². The Labute approximate surface area is 135 Å². The molecule has 1 atom stereocenters. The van der Waals surface area contributed by atoms with Crippen molar-refractivity contribution >= 4 is 51.6 Å². The van der Waals surface area contributed by atoms with E-state index in [1.54, 1.807) is 0 Å². The summed E-state index contributed by atoms with van der Waals surface area (Å²) in [4.78, 5) is 4.65. The van der Waals surface area contributed by atoms with Gasteiger partial charge in [0.1, 0.15) is 0 Å². The van der Waals surface area contributed by atoms with E-state index in [0.29, 0.717) is 23.9 Å². The molecule has 0 radical (unpaired) electrons. The molecule has 3 nitrogen and oxygen atoms in total. The van der Waals surface area contributed by atoms with Gasteiger partial charge in [-0.05, 0) is 32.9 Å². The van der Waals surface area contributed by atoms with Crippen LogP contribution in [0, 0.1) is 10.8 Å². The second-order valence-corrected chi connectivity index (χ2v) is 9.24. The highest BCUT2D eigenvalue weighted by Gasteiger charge is 2.48. The van der Waals surface area contributed by atoms with Gasteiger partial charge < -0.3 is 0 Å². The van der Waals surface area contributed by atoms with E-state index < -0.39 is 0 Å². The van der Waals surface area contributed by atoms with Gasteiger partial charge in [-0.1, -0.05) is 51.9 Å². The van der Waals surface area contributed by atoms with E-state index in [-0.39, 0.29) is 0 Å². The van der Waals surface area contributed by atoms with Crippen LogP contribution in [0.3, 0.4) is 0 Å². The molecule has 1 saturated heterocycles. The Morgan fingerprint density at radius 2 is 1.85 bits per heavy atom. The van der Waals surface area contributed by atoms with Gasteiger partial charge in [0.25, 0.3) is 0 Å². The molecule has 0 bridgehead atoms. The third-order valence-corrected chi connectivity index (χ3v) is 7.18. The minimum Gasteiger partial charge on any atom is -0.237 e. The Balaban J connectivity index is 1.96. The fourth-order valence-corrected chi connectivity index (χ4v) is 4.74. The first kappa shape index (κ1) is 14.8. The monoisotopic (exact) mass is 399 g/mol. The van der Waals surface area contributed by atoms with E-state index in [0.717, 1.165) is 5.65 Å². The Morgan fingerprint density at radius 1 is 1.20 bits per heavy atom. The van der Waals surface area contributed by atoms with Crippen molar-refractivity contribution in [2.75, 3.05) is 0 Å². The molecule has 1 unspecified atom stereocenters. The van der Waals surface area contributed by atoms with Gasteiger partial charge in [0.15, 0.2) is 12.4 Å². The maximum absolute atomic E-state index is 4.65. The van der Waals surface area contributed by atoms with Gasteiger partial charge in [-0.2, -0.15) is 5.10 Å². The van der Waals surface area contributed by atoms with E-state index in [4.69, 9.17) is 0 Å². The van der Waals surface area contributed by atoms with Crippen molar-refractivity contribution in [2.45, 2.75) is 40.3 Å². The molecular formula is C14H20BIN3P. The SMILES string of the molecule is CC1(C)CB(c2cnc3c(cnn3PI)c2)CC1(C)C. The average molecular weight is 399 g/mol. The van der Waals surface area contributed by atoms with Crippen LogP contribution in [0.15, 0.2) is 18.5 Å². The van der Waals surface area contributed by atoms with Gasteiger partial charge in [-0.3, -0.25) is 0 Å². The van der Waals surface area contributed by atoms with Crippen LogP contribution in [0.5, 0.6) is 0 Å². The van der Waals surface area contributed by atoms with Crippen molar-refractivity contribution < 1.29 is 0 Å². The van der Waals surface area contributed by atoms with Crippen molar-refractivity contribution in [2.24, 2.45) is 10.8 Å². The normalized spacial score (nSPS) is 21.4. The van der Waals surface area contributed by atoms with Crippen LogP contribution in [-0.4, -0.2) is 21.2 Å². The molecule has 3 heterocycles. The van der Waals surface area contributed by atoms with Gasteiger partial charge in [0.2, 0.25) is 0 Å². The molecule has 0 spiro atoms. The number of hydrogen-bond acceptors (Lipinski definition) is 2. The summed E-state index contributed by atoms with van der Waals surface area (Å²) in [6.45, 7) is 10.2. The predicted molar refractivity (Wildman–Crippen MR) is 97.8 cm³/mol. The molecule has 0 saturated carbocycles. The van der Waals surface area contributed by atoms with Gasteiger partial charge in [0.05, 0.1) is 12.6 Å². The molecule has 20 heavy (non-hydrogen) atoms. The van der Waals surface area contributed by atoms with Crippen molar-refractivity contribution in [3.63, 3.8) is 0 Å². The van der Waals surface area contributed by atoms with Crippen molar-refractivity contribution in [3.8, 4) is 0 Å². The number of rotatable bonds is 2. The third-order valence-electron chi connectivity index (χ3n) is 5.33. The molecule has 0 aromatic carbocycles. The minimum atomic E-state index is 0.389. The first-order valence-corrected chi connectivity index (χ1v) is 11.1. The fourth-order valence-electron chi connectivity index (χ4n) is 3.32. The molecule has 0 amide bonds.